The fourth-order valence-electron chi connectivity index (χ4n) is 14.9. The molecule has 8 amide bonds. The summed E-state index contributed by atoms with van der Waals surface area (Å²) in [5, 5.41) is 138. The zero-order valence-corrected chi connectivity index (χ0v) is 68.5. The molecule has 7 aliphatic rings. The number of nitrogens with one attached hydrogen (secondary N) is 9. The number of halogens is 5. The van der Waals surface area contributed by atoms with Crippen LogP contribution in [0.2, 0.25) is 10.0 Å². The number of carboxylic acid groups (broad SMARTS) is 1. The number of amides is 8. The van der Waals surface area contributed by atoms with E-state index in [1.807, 2.05) is 0 Å². The molecule has 39 nitrogen and oxygen atoms in total. The SMILES string of the molecule is CN[C@@H](CC(C)C)C(=O)N[C@H]1C(=O)N[C@@H](CC(N)=O)C(=O)NC2C(=O)N[C@@H]3C(=O)N[C@@H](C(=O)N[C@@H](C(=O)O)c4cc(O)cc(O)c4-c4cc3ccc4O)[C@H](O)c3ccc(c(Cl)c3)Oc3cc2cc(c3OC2O[C@@H](CO)[C@@H](O)[C@@H](O)[C@H]2O[C@H]2CC(C)(NCCn3ccc(NC(=O)C=Cc4cccc(OC(F)(F)F)c4)nc3=O)[C@@H](O)[C@@H](C)O2)Oc2ccc(cc2Cl)[C@H]1O. The number of hydrogen-bond acceptors (Lipinski definition) is 29. The van der Waals surface area contributed by atoms with Crippen molar-refractivity contribution in [1.82, 2.24) is 52.1 Å². The van der Waals surface area contributed by atoms with Gasteiger partial charge >= 0.3 is 18.0 Å². The van der Waals surface area contributed by atoms with Crippen molar-refractivity contribution in [2.75, 3.05) is 25.5 Å². The van der Waals surface area contributed by atoms with Crippen molar-refractivity contribution in [3.05, 3.63) is 175 Å². The molecular weight excluding hydrogens is 1710 g/mol. The van der Waals surface area contributed by atoms with Gasteiger partial charge in [-0.15, -0.1) is 13.2 Å². The van der Waals surface area contributed by atoms with Gasteiger partial charge in [0.05, 0.1) is 41.3 Å². The number of aliphatic hydroxyl groups excluding tert-OH is 6. The molecule has 0 saturated carbocycles. The lowest BCUT2D eigenvalue weighted by molar-refractivity contribution is -0.334. The maximum atomic E-state index is 16.2. The molecular formula is C82H87Cl2F3N12O27. The Balaban J connectivity index is 0.969. The number of phenolic OH excluding ortho intramolecular Hbond substituents is 3. The molecule has 2 fully saturated rings. The van der Waals surface area contributed by atoms with Crippen LogP contribution in [0.25, 0.3) is 17.2 Å². The number of fused-ring (bicyclic) bond motifs is 15. The molecule has 18 atom stereocenters. The topological polar surface area (TPSA) is 590 Å². The molecule has 2 saturated heterocycles. The summed E-state index contributed by atoms with van der Waals surface area (Å²) in [5.41, 5.74) is 0.483. The van der Waals surface area contributed by atoms with Gasteiger partial charge in [-0.2, -0.15) is 4.98 Å². The van der Waals surface area contributed by atoms with Crippen LogP contribution in [0.15, 0.2) is 126 Å². The van der Waals surface area contributed by atoms with Gasteiger partial charge in [-0.05, 0) is 140 Å². The lowest BCUT2D eigenvalue weighted by Crippen LogP contribution is -2.65. The van der Waals surface area contributed by atoms with Crippen LogP contribution in [-0.2, 0) is 63.9 Å². The molecule has 1 aromatic heterocycles. The number of rotatable bonds is 21. The zero-order valence-electron chi connectivity index (χ0n) is 67.0. The number of alkyl halides is 3. The van der Waals surface area contributed by atoms with Gasteiger partial charge < -0.3 is 138 Å². The van der Waals surface area contributed by atoms with Crippen molar-refractivity contribution in [2.24, 2.45) is 11.7 Å². The average molecular weight is 1800 g/mol. The Kier molecular flexibility index (Phi) is 28.5. The molecule has 7 aromatic rings. The van der Waals surface area contributed by atoms with E-state index < -0.39 is 277 Å². The lowest BCUT2D eigenvalue weighted by atomic mass is 9.85. The van der Waals surface area contributed by atoms with Crippen molar-refractivity contribution in [2.45, 2.75) is 169 Å². The van der Waals surface area contributed by atoms with Gasteiger partial charge in [0, 0.05) is 60.1 Å². The number of carbonyl (C=O) groups is 9. The molecule has 44 heteroatoms. The fourth-order valence-corrected chi connectivity index (χ4v) is 15.4. The average Bonchev–Trinajstić information content (AvgIpc) is 0.764. The molecule has 6 aromatic carbocycles. The highest BCUT2D eigenvalue weighted by Gasteiger charge is 2.52. The number of carbonyl (C=O) groups excluding carboxylic acids is 8. The van der Waals surface area contributed by atoms with E-state index in [1.165, 1.54) is 50.5 Å². The Hall–Kier alpha value is -12.3. The number of aromatic hydroxyl groups is 3. The monoisotopic (exact) mass is 1800 g/mol. The molecule has 0 spiro atoms. The van der Waals surface area contributed by atoms with Gasteiger partial charge in [0.2, 0.25) is 59.3 Å². The maximum absolute atomic E-state index is 16.2. The number of carboxylic acids is 1. The van der Waals surface area contributed by atoms with Crippen molar-refractivity contribution in [3.8, 4) is 62.9 Å². The van der Waals surface area contributed by atoms with Crippen LogP contribution < -0.4 is 78.2 Å². The minimum Gasteiger partial charge on any atom is -0.508 e. The highest BCUT2D eigenvalue weighted by atomic mass is 35.5. The number of nitrogens with zero attached hydrogens (tertiary/aromatic N) is 2. The zero-order chi connectivity index (χ0) is 91.4. The van der Waals surface area contributed by atoms with E-state index in [1.54, 1.807) is 20.8 Å². The Morgan fingerprint density at radius 2 is 1.40 bits per heavy atom. The van der Waals surface area contributed by atoms with Crippen molar-refractivity contribution in [1.29, 1.82) is 0 Å². The molecule has 0 radical (unpaired) electrons. The summed E-state index contributed by atoms with van der Waals surface area (Å²) in [6.07, 6.45) is -21.5. The normalized spacial score (nSPS) is 26.0. The number of aliphatic hydroxyl groups is 6. The number of phenols is 3. The minimum atomic E-state index is -4.97. The van der Waals surface area contributed by atoms with Crippen LogP contribution in [0, 0.1) is 5.92 Å². The first kappa shape index (κ1) is 92.9. The summed E-state index contributed by atoms with van der Waals surface area (Å²) in [6, 6.07) is 4.60. The first-order valence-corrected chi connectivity index (χ1v) is 39.7. The maximum Gasteiger partial charge on any atom is 0.573 e. The van der Waals surface area contributed by atoms with Gasteiger partial charge in [0.25, 0.3) is 0 Å². The second-order valence-electron chi connectivity index (χ2n) is 30.8. The molecule has 3 unspecified atom stereocenters. The van der Waals surface area contributed by atoms with Crippen LogP contribution in [0.3, 0.4) is 0 Å². The van der Waals surface area contributed by atoms with E-state index in [0.29, 0.717) is 0 Å². The lowest BCUT2D eigenvalue weighted by Gasteiger charge is -2.48. The third-order valence-corrected chi connectivity index (χ3v) is 21.9. The van der Waals surface area contributed by atoms with Gasteiger partial charge in [-0.1, -0.05) is 67.4 Å². The summed E-state index contributed by atoms with van der Waals surface area (Å²) < 4.78 is 82.8. The molecule has 14 rings (SSSR count). The Morgan fingerprint density at radius 1 is 0.746 bits per heavy atom. The molecule has 672 valence electrons. The second kappa shape index (κ2) is 38.7. The van der Waals surface area contributed by atoms with E-state index in [-0.39, 0.29) is 54.4 Å². The molecule has 8 heterocycles. The van der Waals surface area contributed by atoms with E-state index in [2.05, 4.69) is 57.6 Å². The molecule has 11 bridgehead atoms. The summed E-state index contributed by atoms with van der Waals surface area (Å²) >= 11 is 14.3. The number of hydrogen-bond donors (Lipinski definition) is 20. The largest absolute Gasteiger partial charge is 0.573 e. The smallest absolute Gasteiger partial charge is 0.508 e. The number of nitrogens with two attached hydrogens (primary N) is 1. The van der Waals surface area contributed by atoms with Crippen LogP contribution >= 0.6 is 23.2 Å². The summed E-state index contributed by atoms with van der Waals surface area (Å²) in [4.78, 5) is 148. The van der Waals surface area contributed by atoms with Crippen LogP contribution in [0.5, 0.6) is 51.7 Å². The highest BCUT2D eigenvalue weighted by Crippen LogP contribution is 2.50. The third-order valence-electron chi connectivity index (χ3n) is 21.3. The quantitative estimate of drug-likeness (QED) is 0.0460. The van der Waals surface area contributed by atoms with E-state index in [4.69, 9.17) is 57.4 Å². The number of aliphatic carboxylic acids is 1. The minimum absolute atomic E-state index is 0.109. The second-order valence-corrected chi connectivity index (χ2v) is 31.6. The summed E-state index contributed by atoms with van der Waals surface area (Å²) in [5.74, 6) is -18.3. The molecule has 21 N–H and O–H groups in total. The van der Waals surface area contributed by atoms with Gasteiger partial charge in [-0.25, -0.2) is 9.59 Å². The molecule has 7 aliphatic heterocycles. The first-order chi connectivity index (χ1) is 59.6. The number of anilines is 1. The predicted molar refractivity (Wildman–Crippen MR) is 432 cm³/mol. The standard InChI is InChI=1S/C82H87Cl2F3N12O27/c1-33(2)21-46(89-5)72(111)97-63-65(106)37-11-14-50(44(83)24-37)121-52-26-39-27-53(69(52)125-79-70(68(109)67(108)54(32-100)123-79)124-58-31-81(4,71(110)34(3)120-58)90-18-20-99-19-17-56(93-80(99)119)92-57(105)16-9-35-7-6-8-41(22-35)126-82(85,86)87)122-51-15-12-38(25-45(51)84)66(107)64-77(116)96-62(78(117)118)43-28-40(101)29-49(103)59(43)42-23-36(10-13-48(42)102)60(74(113)98-64)95-75(114)61(39)94-73(112)47(30-55(88)104)91-76(63)115/h6-17,19,22-29,33-34,46-47,54,58,60-68,70-71,79,89-90,100-103,106-110H,18,20-21,30-32H2,1-5H3,(H2,88,104)(H,91,115)(H,94,112)(H,95,114)(H,96,116)(H,97,111)(H,98,113)(H,117,118)(H,92,93,105,119)/t34-,46+,47+,54+,58+,60+,61?,62-,63-,64-,65-,66-,67-,68-,70-,71+,79?,81?/m1/s1. The van der Waals surface area contributed by atoms with Gasteiger partial charge in [-0.3, -0.25) is 42.9 Å². The van der Waals surface area contributed by atoms with Crippen LogP contribution in [0.4, 0.5) is 19.0 Å². The first-order valence-electron chi connectivity index (χ1n) is 38.9. The number of likely N-dealkylation sites (N-methyl/N-ethyl adjacent to an activating group) is 1. The number of ether oxygens (including phenoxy) is 7. The Bertz CT molecular complexity index is 5460. The Labute approximate surface area is 722 Å². The van der Waals surface area contributed by atoms with Crippen molar-refractivity contribution >= 4 is 88.3 Å². The van der Waals surface area contributed by atoms with E-state index in [0.717, 1.165) is 95.6 Å². The van der Waals surface area contributed by atoms with E-state index in [9.17, 15) is 97.8 Å². The van der Waals surface area contributed by atoms with E-state index >= 15 is 14.4 Å². The van der Waals surface area contributed by atoms with Crippen LogP contribution in [-0.4, -0.2) is 219 Å². The van der Waals surface area contributed by atoms with Crippen molar-refractivity contribution in [3.63, 3.8) is 0 Å². The number of primary amides is 1. The Morgan fingerprint density at radius 3 is 2.02 bits per heavy atom. The molecule has 126 heavy (non-hydrogen) atoms. The molecule has 0 aliphatic carbocycles. The van der Waals surface area contributed by atoms with Gasteiger partial charge in [0.1, 0.15) is 101 Å². The summed E-state index contributed by atoms with van der Waals surface area (Å²) in [7, 11) is 1.45. The highest BCUT2D eigenvalue weighted by molar-refractivity contribution is 6.32. The number of aromatic nitrogens is 2. The van der Waals surface area contributed by atoms with Gasteiger partial charge in [0.15, 0.2) is 29.9 Å². The summed E-state index contributed by atoms with van der Waals surface area (Å²) in [6.45, 7) is 5.30. The van der Waals surface area contributed by atoms with Crippen LogP contribution in [0.1, 0.15) is 111 Å². The predicted octanol–water partition coefficient (Wildman–Crippen LogP) is 2.54. The number of benzene rings is 6. The fraction of sp³-hybridized carbons (Fsp3) is 0.378. The van der Waals surface area contributed by atoms with Crippen molar-refractivity contribution < 1.29 is 141 Å². The third kappa shape index (κ3) is 21.3.